The van der Waals surface area contributed by atoms with Crippen LogP contribution in [0.15, 0.2) is 12.2 Å². The fourth-order valence-electron chi connectivity index (χ4n) is 1.38. The summed E-state index contributed by atoms with van der Waals surface area (Å²) < 4.78 is 0. The van der Waals surface area contributed by atoms with Crippen molar-refractivity contribution in [1.29, 1.82) is 0 Å². The van der Waals surface area contributed by atoms with Crippen LogP contribution in [0.5, 0.6) is 0 Å². The van der Waals surface area contributed by atoms with Crippen LogP contribution in [0.3, 0.4) is 0 Å². The molecule has 0 aromatic heterocycles. The first kappa shape index (κ1) is 8.47. The average molecular weight is 153 g/mol. The van der Waals surface area contributed by atoms with Gasteiger partial charge in [-0.2, -0.15) is 0 Å². The fraction of sp³-hybridized carbons (Fsp3) is 0.667. The van der Waals surface area contributed by atoms with Crippen LogP contribution in [-0.4, -0.2) is 18.4 Å². The van der Waals surface area contributed by atoms with E-state index in [1.54, 1.807) is 0 Å². The fourth-order valence-corrected chi connectivity index (χ4v) is 1.38. The normalized spacial score (nSPS) is 23.5. The maximum atomic E-state index is 11.3. The molecular formula is C9H15NO. The maximum absolute atomic E-state index is 11.3. The molecule has 0 radical (unpaired) electrons. The van der Waals surface area contributed by atoms with Gasteiger partial charge in [0.2, 0.25) is 0 Å². The Morgan fingerprint density at radius 2 is 2.45 bits per heavy atom. The largest absolute Gasteiger partial charge is 0.307 e. The van der Waals surface area contributed by atoms with Crippen molar-refractivity contribution in [2.75, 3.05) is 6.54 Å². The number of allylic oxidation sites excluding steroid dienone is 1. The summed E-state index contributed by atoms with van der Waals surface area (Å²) in [6, 6.07) is 0.117. The zero-order valence-corrected chi connectivity index (χ0v) is 7.02. The van der Waals surface area contributed by atoms with Gasteiger partial charge in [-0.3, -0.25) is 4.79 Å². The van der Waals surface area contributed by atoms with Gasteiger partial charge in [-0.1, -0.05) is 12.2 Å². The van der Waals surface area contributed by atoms with Gasteiger partial charge in [-0.25, -0.2) is 0 Å². The summed E-state index contributed by atoms with van der Waals surface area (Å²) in [4.78, 5) is 11.3. The lowest BCUT2D eigenvalue weighted by Gasteiger charge is -2.07. The van der Waals surface area contributed by atoms with Gasteiger partial charge in [0, 0.05) is 6.42 Å². The Morgan fingerprint density at radius 3 is 2.91 bits per heavy atom. The van der Waals surface area contributed by atoms with E-state index in [2.05, 4.69) is 11.9 Å². The van der Waals surface area contributed by atoms with Crippen LogP contribution in [0.25, 0.3) is 0 Å². The van der Waals surface area contributed by atoms with E-state index in [0.717, 1.165) is 25.0 Å². The smallest absolute Gasteiger partial charge is 0.153 e. The molecule has 0 bridgehead atoms. The number of rotatable bonds is 3. The second kappa shape index (κ2) is 3.67. The van der Waals surface area contributed by atoms with Crippen molar-refractivity contribution >= 4 is 5.78 Å². The molecule has 1 atom stereocenters. The lowest BCUT2D eigenvalue weighted by atomic mass is 10.1. The van der Waals surface area contributed by atoms with E-state index < -0.39 is 0 Å². The Bertz CT molecular complexity index is 168. The van der Waals surface area contributed by atoms with E-state index in [1.807, 2.05) is 6.92 Å². The highest BCUT2D eigenvalue weighted by atomic mass is 16.1. The summed E-state index contributed by atoms with van der Waals surface area (Å²) in [5.74, 6) is 0.301. The highest BCUT2D eigenvalue weighted by molar-refractivity contribution is 5.86. The minimum atomic E-state index is 0.117. The predicted molar refractivity (Wildman–Crippen MR) is 45.5 cm³/mol. The van der Waals surface area contributed by atoms with Crippen LogP contribution < -0.4 is 5.32 Å². The molecule has 11 heavy (non-hydrogen) atoms. The van der Waals surface area contributed by atoms with E-state index in [0.29, 0.717) is 12.2 Å². The second-order valence-electron chi connectivity index (χ2n) is 3.25. The van der Waals surface area contributed by atoms with Crippen LogP contribution in [0, 0.1) is 0 Å². The SMILES string of the molecule is C=C(C)CC(=O)[C@H]1CCCN1. The standard InChI is InChI=1S/C9H15NO/c1-7(2)6-9(11)8-4-3-5-10-8/h8,10H,1,3-6H2,2H3/t8-/m1/s1. The molecule has 1 rings (SSSR count). The lowest BCUT2D eigenvalue weighted by molar-refractivity contribution is -0.120. The molecule has 0 aromatic carbocycles. The summed E-state index contributed by atoms with van der Waals surface area (Å²) in [5.41, 5.74) is 0.962. The Balaban J connectivity index is 2.34. The number of hydrogen-bond donors (Lipinski definition) is 1. The summed E-state index contributed by atoms with van der Waals surface area (Å²) >= 11 is 0. The lowest BCUT2D eigenvalue weighted by Crippen LogP contribution is -2.30. The molecule has 0 unspecified atom stereocenters. The number of Topliss-reactive ketones (excluding diaryl/α,β-unsaturated/α-hetero) is 1. The molecular weight excluding hydrogens is 138 g/mol. The molecule has 62 valence electrons. The topological polar surface area (TPSA) is 29.1 Å². The molecule has 1 aliphatic rings. The van der Waals surface area contributed by atoms with E-state index in [1.165, 1.54) is 0 Å². The zero-order chi connectivity index (χ0) is 8.27. The van der Waals surface area contributed by atoms with Gasteiger partial charge >= 0.3 is 0 Å². The third kappa shape index (κ3) is 2.46. The molecule has 0 amide bonds. The van der Waals surface area contributed by atoms with Crippen molar-refractivity contribution in [1.82, 2.24) is 5.32 Å². The van der Waals surface area contributed by atoms with Crippen LogP contribution in [-0.2, 0) is 4.79 Å². The number of hydrogen-bond acceptors (Lipinski definition) is 2. The molecule has 1 N–H and O–H groups in total. The van der Waals surface area contributed by atoms with E-state index in [-0.39, 0.29) is 6.04 Å². The van der Waals surface area contributed by atoms with Crippen molar-refractivity contribution in [2.45, 2.75) is 32.2 Å². The maximum Gasteiger partial charge on any atom is 0.153 e. The summed E-state index contributed by atoms with van der Waals surface area (Å²) in [5, 5.41) is 3.17. The van der Waals surface area contributed by atoms with Crippen molar-refractivity contribution in [3.05, 3.63) is 12.2 Å². The summed E-state index contributed by atoms with van der Waals surface area (Å²) in [6.07, 6.45) is 2.68. The van der Waals surface area contributed by atoms with Gasteiger partial charge in [0.15, 0.2) is 5.78 Å². The third-order valence-electron chi connectivity index (χ3n) is 1.92. The first-order valence-electron chi connectivity index (χ1n) is 4.10. The van der Waals surface area contributed by atoms with Crippen molar-refractivity contribution in [2.24, 2.45) is 0 Å². The van der Waals surface area contributed by atoms with E-state index in [9.17, 15) is 4.79 Å². The molecule has 0 aliphatic carbocycles. The van der Waals surface area contributed by atoms with Gasteiger partial charge in [-0.05, 0) is 26.3 Å². The van der Waals surface area contributed by atoms with Crippen molar-refractivity contribution < 1.29 is 4.79 Å². The van der Waals surface area contributed by atoms with E-state index >= 15 is 0 Å². The average Bonchev–Trinajstić information content (AvgIpc) is 2.35. The predicted octanol–water partition coefficient (Wildman–Crippen LogP) is 1.27. The summed E-state index contributed by atoms with van der Waals surface area (Å²) in [7, 11) is 0. The van der Waals surface area contributed by atoms with Crippen LogP contribution in [0.2, 0.25) is 0 Å². The first-order valence-corrected chi connectivity index (χ1v) is 4.10. The van der Waals surface area contributed by atoms with Gasteiger partial charge in [0.25, 0.3) is 0 Å². The van der Waals surface area contributed by atoms with Gasteiger partial charge in [-0.15, -0.1) is 0 Å². The molecule has 2 nitrogen and oxygen atoms in total. The summed E-state index contributed by atoms with van der Waals surface area (Å²) in [6.45, 7) is 6.61. The Labute approximate surface area is 67.7 Å². The van der Waals surface area contributed by atoms with E-state index in [4.69, 9.17) is 0 Å². The van der Waals surface area contributed by atoms with Gasteiger partial charge in [0.05, 0.1) is 6.04 Å². The second-order valence-corrected chi connectivity index (χ2v) is 3.25. The minimum absolute atomic E-state index is 0.117. The van der Waals surface area contributed by atoms with Crippen LogP contribution in [0.4, 0.5) is 0 Å². The van der Waals surface area contributed by atoms with Crippen LogP contribution in [0.1, 0.15) is 26.2 Å². The molecule has 1 aliphatic heterocycles. The Hall–Kier alpha value is -0.630. The third-order valence-corrected chi connectivity index (χ3v) is 1.92. The molecule has 1 fully saturated rings. The highest BCUT2D eigenvalue weighted by Crippen LogP contribution is 2.09. The van der Waals surface area contributed by atoms with Gasteiger partial charge < -0.3 is 5.32 Å². The number of nitrogens with one attached hydrogen (secondary N) is 1. The van der Waals surface area contributed by atoms with Crippen molar-refractivity contribution in [3.63, 3.8) is 0 Å². The molecule has 1 heterocycles. The van der Waals surface area contributed by atoms with Gasteiger partial charge in [0.1, 0.15) is 0 Å². The quantitative estimate of drug-likeness (QED) is 0.619. The molecule has 0 aromatic rings. The number of ketones is 1. The molecule has 2 heteroatoms. The number of carbonyl (C=O) groups excluding carboxylic acids is 1. The van der Waals surface area contributed by atoms with Crippen molar-refractivity contribution in [3.8, 4) is 0 Å². The minimum Gasteiger partial charge on any atom is -0.307 e. The molecule has 0 saturated carbocycles. The Morgan fingerprint density at radius 1 is 1.73 bits per heavy atom. The zero-order valence-electron chi connectivity index (χ0n) is 7.02. The highest BCUT2D eigenvalue weighted by Gasteiger charge is 2.20. The first-order chi connectivity index (χ1) is 5.20. The Kier molecular flexibility index (Phi) is 2.83. The molecule has 1 saturated heterocycles. The number of carbonyl (C=O) groups is 1. The van der Waals surface area contributed by atoms with Crippen LogP contribution >= 0.6 is 0 Å². The monoisotopic (exact) mass is 153 g/mol. The molecule has 0 spiro atoms.